The Labute approximate surface area is 264 Å². The van der Waals surface area contributed by atoms with Gasteiger partial charge >= 0.3 is 0 Å². The Balaban J connectivity index is 0.000000194. The average Bonchev–Trinajstić information content (AvgIpc) is 3.52. The minimum atomic E-state index is -0.483. The summed E-state index contributed by atoms with van der Waals surface area (Å²) in [5, 5.41) is 3.12. The van der Waals surface area contributed by atoms with E-state index in [1.54, 1.807) is 19.5 Å². The van der Waals surface area contributed by atoms with Gasteiger partial charge in [0, 0.05) is 42.9 Å². The van der Waals surface area contributed by atoms with E-state index in [1.165, 1.54) is 43.2 Å². The summed E-state index contributed by atoms with van der Waals surface area (Å²) >= 11 is 0. The Morgan fingerprint density at radius 2 is 1.87 bits per heavy atom. The van der Waals surface area contributed by atoms with Crippen LogP contribution in [-0.2, 0) is 11.3 Å². The first kappa shape index (κ1) is 32.8. The number of nitrogens with zero attached hydrogens (tertiary/aromatic N) is 4. The number of methoxy groups -OCH3 is 1. The zero-order valence-electron chi connectivity index (χ0n) is 26.6. The van der Waals surface area contributed by atoms with Crippen LogP contribution in [0.4, 0.5) is 8.78 Å². The fraction of sp³-hybridized carbons (Fsp3) is 0.514. The number of piperidine rings is 2. The molecule has 1 aliphatic carbocycles. The molecule has 2 aromatic carbocycles. The number of hydrogen-bond acceptors (Lipinski definition) is 6. The minimum absolute atomic E-state index is 0.0259. The van der Waals surface area contributed by atoms with E-state index in [-0.39, 0.29) is 17.2 Å². The normalized spacial score (nSPS) is 23.0. The molecule has 2 unspecified atom stereocenters. The molecule has 8 nitrogen and oxygen atoms in total. The van der Waals surface area contributed by atoms with Gasteiger partial charge in [0.05, 0.1) is 25.2 Å². The van der Waals surface area contributed by atoms with Gasteiger partial charge in [0.2, 0.25) is 6.41 Å². The number of aromatic nitrogens is 2. The third kappa shape index (κ3) is 7.44. The van der Waals surface area contributed by atoms with Gasteiger partial charge in [-0.1, -0.05) is 25.0 Å². The van der Waals surface area contributed by atoms with Crippen LogP contribution in [0.1, 0.15) is 56.6 Å². The highest BCUT2D eigenvalue weighted by Crippen LogP contribution is 2.48. The zero-order chi connectivity index (χ0) is 32.0. The van der Waals surface area contributed by atoms with Crippen molar-refractivity contribution in [1.82, 2.24) is 24.7 Å². The first-order valence-corrected chi connectivity index (χ1v) is 16.0. The highest BCUT2D eigenvalue weighted by atomic mass is 19.1. The summed E-state index contributed by atoms with van der Waals surface area (Å²) in [7, 11) is 5.70. The van der Waals surface area contributed by atoms with Crippen LogP contribution in [0.3, 0.4) is 0 Å². The second-order valence-electron chi connectivity index (χ2n) is 12.8. The molecule has 1 amide bonds. The molecule has 2 saturated heterocycles. The third-order valence-electron chi connectivity index (χ3n) is 10.1. The Morgan fingerprint density at radius 1 is 1.09 bits per heavy atom. The lowest BCUT2D eigenvalue weighted by molar-refractivity contribution is -0.121. The van der Waals surface area contributed by atoms with Gasteiger partial charge in [0.1, 0.15) is 17.4 Å². The fourth-order valence-corrected chi connectivity index (χ4v) is 7.61. The van der Waals surface area contributed by atoms with Gasteiger partial charge in [-0.3, -0.25) is 14.2 Å². The molecule has 1 aromatic heterocycles. The number of benzene rings is 2. The van der Waals surface area contributed by atoms with Crippen molar-refractivity contribution >= 4 is 6.41 Å². The van der Waals surface area contributed by atoms with Crippen molar-refractivity contribution in [2.24, 2.45) is 11.3 Å². The van der Waals surface area contributed by atoms with Crippen LogP contribution in [0, 0.1) is 23.0 Å². The summed E-state index contributed by atoms with van der Waals surface area (Å²) in [5.41, 5.74) is 2.19. The number of likely N-dealkylation sites (tertiary alicyclic amines) is 2. The standard InChI is InChI=1S/C22H29N3O2.C13H16F2N2O/c1-24-12-9-17(22(15-24)10-5-6-11-22)14-25-16-23-19(13-21(25)26)18-7-3-4-8-20(18)27-2;1-16-10-4-5-17(8-18)13(7-10)11-6-9(14)2-3-12(11)15/h3-4,7-8,13,16-17H,5-6,9-12,14-15H2,1-2H3;2-3,6,8,10,13,16H,4-5,7H2,1H3/t17-;/m0./s1. The van der Waals surface area contributed by atoms with Crippen LogP contribution in [-0.4, -0.2) is 72.6 Å². The Morgan fingerprint density at radius 3 is 2.58 bits per heavy atom. The summed E-state index contributed by atoms with van der Waals surface area (Å²) in [4.78, 5) is 32.4. The molecule has 10 heteroatoms. The maximum absolute atomic E-state index is 13.8. The maximum Gasteiger partial charge on any atom is 0.253 e. The number of amides is 1. The van der Waals surface area contributed by atoms with Gasteiger partial charge < -0.3 is 19.9 Å². The second kappa shape index (κ2) is 14.6. The highest BCUT2D eigenvalue weighted by Gasteiger charge is 2.44. The predicted molar refractivity (Wildman–Crippen MR) is 171 cm³/mol. The smallest absolute Gasteiger partial charge is 0.253 e. The van der Waals surface area contributed by atoms with Gasteiger partial charge in [-0.25, -0.2) is 13.8 Å². The summed E-state index contributed by atoms with van der Waals surface area (Å²) in [6.45, 7) is 3.62. The number of hydrogen-bond donors (Lipinski definition) is 1. The Kier molecular flexibility index (Phi) is 10.7. The molecule has 3 aromatic rings. The summed E-state index contributed by atoms with van der Waals surface area (Å²) in [5.74, 6) is 0.351. The number of para-hydroxylation sites is 1. The first-order chi connectivity index (χ1) is 21.8. The number of halogens is 2. The van der Waals surface area contributed by atoms with Crippen molar-refractivity contribution < 1.29 is 18.3 Å². The quantitative estimate of drug-likeness (QED) is 0.362. The van der Waals surface area contributed by atoms with Crippen LogP contribution in [0.2, 0.25) is 0 Å². The van der Waals surface area contributed by atoms with Crippen LogP contribution < -0.4 is 15.6 Å². The lowest BCUT2D eigenvalue weighted by Gasteiger charge is -2.45. The van der Waals surface area contributed by atoms with Crippen molar-refractivity contribution in [3.8, 4) is 17.0 Å². The largest absolute Gasteiger partial charge is 0.496 e. The number of carbonyl (C=O) groups excluding carboxylic acids is 1. The summed E-state index contributed by atoms with van der Waals surface area (Å²) < 4.78 is 34.2. The van der Waals surface area contributed by atoms with E-state index in [1.807, 2.05) is 35.9 Å². The minimum Gasteiger partial charge on any atom is -0.496 e. The zero-order valence-corrected chi connectivity index (χ0v) is 26.6. The lowest BCUT2D eigenvalue weighted by Crippen LogP contribution is -2.47. The molecule has 3 atom stereocenters. The van der Waals surface area contributed by atoms with Crippen molar-refractivity contribution in [2.75, 3.05) is 40.8 Å². The van der Waals surface area contributed by atoms with Gasteiger partial charge in [0.15, 0.2) is 0 Å². The van der Waals surface area contributed by atoms with E-state index in [4.69, 9.17) is 4.74 Å². The maximum atomic E-state index is 13.8. The molecule has 1 N–H and O–H groups in total. The van der Waals surface area contributed by atoms with E-state index in [9.17, 15) is 18.4 Å². The fourth-order valence-electron chi connectivity index (χ4n) is 7.61. The molecule has 3 fully saturated rings. The van der Waals surface area contributed by atoms with E-state index in [2.05, 4.69) is 22.2 Å². The number of carbonyl (C=O) groups is 1. The molecular weight excluding hydrogens is 576 g/mol. The molecule has 2 aliphatic heterocycles. The van der Waals surface area contributed by atoms with Gasteiger partial charge in [-0.05, 0) is 94.4 Å². The molecule has 45 heavy (non-hydrogen) atoms. The summed E-state index contributed by atoms with van der Waals surface area (Å²) in [6.07, 6.45) is 10.3. The van der Waals surface area contributed by atoms with Crippen molar-refractivity contribution in [3.05, 3.63) is 82.4 Å². The molecule has 6 rings (SSSR count). The number of ether oxygens (including phenoxy) is 1. The molecule has 242 valence electrons. The Hall–Kier alpha value is -3.63. The van der Waals surface area contributed by atoms with Crippen LogP contribution in [0.15, 0.2) is 59.7 Å². The van der Waals surface area contributed by atoms with Crippen LogP contribution in [0.25, 0.3) is 11.3 Å². The van der Waals surface area contributed by atoms with Crippen molar-refractivity contribution in [2.45, 2.75) is 63.6 Å². The van der Waals surface area contributed by atoms with E-state index in [0.29, 0.717) is 36.4 Å². The molecule has 1 spiro atoms. The van der Waals surface area contributed by atoms with Crippen LogP contribution in [0.5, 0.6) is 5.75 Å². The molecule has 3 heterocycles. The highest BCUT2D eigenvalue weighted by molar-refractivity contribution is 5.66. The van der Waals surface area contributed by atoms with Gasteiger partial charge in [-0.2, -0.15) is 0 Å². The molecule has 0 bridgehead atoms. The molecular formula is C35H45F2N5O3. The topological polar surface area (TPSA) is 79.7 Å². The number of rotatable bonds is 7. The monoisotopic (exact) mass is 621 g/mol. The summed E-state index contributed by atoms with van der Waals surface area (Å²) in [6, 6.07) is 12.5. The van der Waals surface area contributed by atoms with E-state index >= 15 is 0 Å². The molecule has 3 aliphatic rings. The van der Waals surface area contributed by atoms with E-state index < -0.39 is 17.7 Å². The second-order valence-corrected chi connectivity index (χ2v) is 12.8. The molecule has 1 saturated carbocycles. The number of nitrogens with one attached hydrogen (secondary N) is 1. The van der Waals surface area contributed by atoms with Crippen molar-refractivity contribution in [3.63, 3.8) is 0 Å². The first-order valence-electron chi connectivity index (χ1n) is 16.0. The van der Waals surface area contributed by atoms with E-state index in [0.717, 1.165) is 49.4 Å². The van der Waals surface area contributed by atoms with Gasteiger partial charge in [0.25, 0.3) is 5.56 Å². The average molecular weight is 622 g/mol. The Bertz CT molecular complexity index is 1510. The van der Waals surface area contributed by atoms with Crippen LogP contribution >= 0.6 is 0 Å². The van der Waals surface area contributed by atoms with Crippen molar-refractivity contribution in [1.29, 1.82) is 0 Å². The SMILES string of the molecule is CNC1CCN(C=O)C(c2cc(F)ccc2F)C1.COc1ccccc1-c1cc(=O)n(C[C@@H]2CCN(C)CC23CCCC3)cn1. The third-order valence-corrected chi connectivity index (χ3v) is 10.1. The predicted octanol–water partition coefficient (Wildman–Crippen LogP) is 5.28. The lowest BCUT2D eigenvalue weighted by atomic mass is 9.69. The molecule has 0 radical (unpaired) electrons. The van der Waals surface area contributed by atoms with Gasteiger partial charge in [-0.15, -0.1) is 0 Å².